The monoisotopic (exact) mass is 144 g/mol. The summed E-state index contributed by atoms with van der Waals surface area (Å²) in [6, 6.07) is -0.326. The van der Waals surface area contributed by atoms with Gasteiger partial charge in [-0.15, -0.1) is 0 Å². The Morgan fingerprint density at radius 3 is 3.00 bits per heavy atom. The standard InChI is InChI=1S/C4H8N4O2/c1-3(2-6-8-5)7-4(9)10/h3,7H,2H2,1H3,(H,9,10). The van der Waals surface area contributed by atoms with E-state index in [-0.39, 0.29) is 12.6 Å². The van der Waals surface area contributed by atoms with Gasteiger partial charge in [0.1, 0.15) is 0 Å². The van der Waals surface area contributed by atoms with E-state index in [4.69, 9.17) is 10.6 Å². The molecule has 6 heteroatoms. The first-order chi connectivity index (χ1) is 4.66. The van der Waals surface area contributed by atoms with Gasteiger partial charge in [-0.25, -0.2) is 4.79 Å². The van der Waals surface area contributed by atoms with Gasteiger partial charge in [0.15, 0.2) is 0 Å². The Morgan fingerprint density at radius 2 is 2.60 bits per heavy atom. The number of hydrogen-bond acceptors (Lipinski definition) is 2. The average molecular weight is 144 g/mol. The highest BCUT2D eigenvalue weighted by Crippen LogP contribution is 1.82. The Labute approximate surface area is 57.5 Å². The molecule has 0 aromatic rings. The first-order valence-electron chi connectivity index (χ1n) is 2.67. The molecule has 0 radical (unpaired) electrons. The fraction of sp³-hybridized carbons (Fsp3) is 0.750. The highest BCUT2D eigenvalue weighted by molar-refractivity contribution is 5.64. The summed E-state index contributed by atoms with van der Waals surface area (Å²) in [6.45, 7) is 1.76. The van der Waals surface area contributed by atoms with Gasteiger partial charge in [0.05, 0.1) is 0 Å². The van der Waals surface area contributed by atoms with Crippen LogP contribution in [-0.4, -0.2) is 23.8 Å². The molecule has 6 nitrogen and oxygen atoms in total. The first-order valence-corrected chi connectivity index (χ1v) is 2.67. The zero-order valence-electron chi connectivity index (χ0n) is 5.48. The Morgan fingerprint density at radius 1 is 2.00 bits per heavy atom. The van der Waals surface area contributed by atoms with E-state index >= 15 is 0 Å². The van der Waals surface area contributed by atoms with Crippen molar-refractivity contribution in [1.82, 2.24) is 5.32 Å². The van der Waals surface area contributed by atoms with Gasteiger partial charge in [-0.05, 0) is 12.5 Å². The number of nitrogens with zero attached hydrogens (tertiary/aromatic N) is 3. The van der Waals surface area contributed by atoms with Gasteiger partial charge in [0.2, 0.25) is 0 Å². The van der Waals surface area contributed by atoms with Crippen molar-refractivity contribution < 1.29 is 9.90 Å². The van der Waals surface area contributed by atoms with Crippen LogP contribution in [0.4, 0.5) is 4.79 Å². The number of nitrogens with one attached hydrogen (secondary N) is 1. The van der Waals surface area contributed by atoms with Crippen LogP contribution in [0.1, 0.15) is 6.92 Å². The lowest BCUT2D eigenvalue weighted by molar-refractivity contribution is 0.191. The molecule has 10 heavy (non-hydrogen) atoms. The molecular weight excluding hydrogens is 136 g/mol. The Balaban J connectivity index is 3.52. The second kappa shape index (κ2) is 4.46. The van der Waals surface area contributed by atoms with Gasteiger partial charge in [0.25, 0.3) is 0 Å². The van der Waals surface area contributed by atoms with E-state index < -0.39 is 6.09 Å². The van der Waals surface area contributed by atoms with Crippen LogP contribution in [0.25, 0.3) is 10.4 Å². The minimum atomic E-state index is -1.11. The van der Waals surface area contributed by atoms with E-state index in [1.807, 2.05) is 0 Å². The third-order valence-electron chi connectivity index (χ3n) is 0.789. The molecule has 2 N–H and O–H groups in total. The van der Waals surface area contributed by atoms with E-state index in [1.54, 1.807) is 6.92 Å². The molecule has 56 valence electrons. The number of amides is 1. The van der Waals surface area contributed by atoms with E-state index in [2.05, 4.69) is 15.3 Å². The minimum Gasteiger partial charge on any atom is -0.465 e. The molecule has 0 aliphatic rings. The smallest absolute Gasteiger partial charge is 0.404 e. The predicted molar refractivity (Wildman–Crippen MR) is 34.6 cm³/mol. The lowest BCUT2D eigenvalue weighted by Gasteiger charge is -2.05. The molecule has 1 atom stereocenters. The van der Waals surface area contributed by atoms with Crippen LogP contribution >= 0.6 is 0 Å². The van der Waals surface area contributed by atoms with Crippen molar-refractivity contribution >= 4 is 6.09 Å². The van der Waals surface area contributed by atoms with Crippen molar-refractivity contribution in [2.45, 2.75) is 13.0 Å². The molecule has 0 spiro atoms. The van der Waals surface area contributed by atoms with Crippen LogP contribution in [-0.2, 0) is 0 Å². The van der Waals surface area contributed by atoms with Crippen molar-refractivity contribution in [3.8, 4) is 0 Å². The molecule has 0 aromatic carbocycles. The second-order valence-corrected chi connectivity index (χ2v) is 1.76. The van der Waals surface area contributed by atoms with E-state index in [1.165, 1.54) is 0 Å². The van der Waals surface area contributed by atoms with Crippen molar-refractivity contribution in [1.29, 1.82) is 0 Å². The van der Waals surface area contributed by atoms with Crippen LogP contribution in [0.15, 0.2) is 5.11 Å². The quantitative estimate of drug-likeness (QED) is 0.350. The summed E-state index contributed by atoms with van der Waals surface area (Å²) in [5.74, 6) is 0. The average Bonchev–Trinajstić information content (AvgIpc) is 1.82. The minimum absolute atomic E-state index is 0.142. The van der Waals surface area contributed by atoms with Crippen LogP contribution in [0.3, 0.4) is 0 Å². The number of hydrogen-bond donors (Lipinski definition) is 2. The number of rotatable bonds is 3. The van der Waals surface area contributed by atoms with Gasteiger partial charge in [-0.2, -0.15) is 0 Å². The number of azide groups is 1. The lowest BCUT2D eigenvalue weighted by atomic mass is 10.3. The Hall–Kier alpha value is -1.42. The van der Waals surface area contributed by atoms with E-state index in [9.17, 15) is 4.79 Å². The third kappa shape index (κ3) is 4.73. The maximum Gasteiger partial charge on any atom is 0.404 e. The zero-order valence-corrected chi connectivity index (χ0v) is 5.48. The summed E-state index contributed by atoms with van der Waals surface area (Å²) < 4.78 is 0. The number of carboxylic acid groups (broad SMARTS) is 1. The molecule has 0 bridgehead atoms. The highest BCUT2D eigenvalue weighted by Gasteiger charge is 2.01. The van der Waals surface area contributed by atoms with Crippen LogP contribution in [0.5, 0.6) is 0 Å². The Kier molecular flexibility index (Phi) is 3.83. The predicted octanol–water partition coefficient (Wildman–Crippen LogP) is 0.953. The fourth-order valence-corrected chi connectivity index (χ4v) is 0.415. The molecule has 1 unspecified atom stereocenters. The first kappa shape index (κ1) is 8.58. The molecule has 1 amide bonds. The van der Waals surface area contributed by atoms with Crippen molar-refractivity contribution in [2.24, 2.45) is 5.11 Å². The van der Waals surface area contributed by atoms with Gasteiger partial charge in [0, 0.05) is 17.5 Å². The van der Waals surface area contributed by atoms with Crippen molar-refractivity contribution in [3.05, 3.63) is 10.4 Å². The summed E-state index contributed by atoms with van der Waals surface area (Å²) in [6.07, 6.45) is -1.11. The van der Waals surface area contributed by atoms with Crippen LogP contribution < -0.4 is 5.32 Å². The maximum absolute atomic E-state index is 9.93. The molecule has 0 aliphatic heterocycles. The largest absolute Gasteiger partial charge is 0.465 e. The lowest BCUT2D eigenvalue weighted by Crippen LogP contribution is -2.32. The van der Waals surface area contributed by atoms with Gasteiger partial charge in [-0.1, -0.05) is 5.11 Å². The van der Waals surface area contributed by atoms with E-state index in [0.717, 1.165) is 0 Å². The van der Waals surface area contributed by atoms with Gasteiger partial charge in [-0.3, -0.25) is 0 Å². The molecule has 0 heterocycles. The van der Waals surface area contributed by atoms with Gasteiger partial charge >= 0.3 is 6.09 Å². The summed E-state index contributed by atoms with van der Waals surface area (Å²) in [5.41, 5.74) is 7.83. The summed E-state index contributed by atoms with van der Waals surface area (Å²) in [4.78, 5) is 12.4. The summed E-state index contributed by atoms with van der Waals surface area (Å²) in [5, 5.41) is 13.4. The van der Waals surface area contributed by atoms with Crippen molar-refractivity contribution in [2.75, 3.05) is 6.54 Å². The molecular formula is C4H8N4O2. The Bertz CT molecular complexity index is 159. The summed E-state index contributed by atoms with van der Waals surface area (Å²) in [7, 11) is 0. The molecule has 0 rings (SSSR count). The highest BCUT2D eigenvalue weighted by atomic mass is 16.4. The summed E-state index contributed by atoms with van der Waals surface area (Å²) >= 11 is 0. The topological polar surface area (TPSA) is 98.1 Å². The third-order valence-corrected chi connectivity index (χ3v) is 0.789. The van der Waals surface area contributed by atoms with Crippen LogP contribution in [0.2, 0.25) is 0 Å². The molecule has 0 saturated carbocycles. The molecule has 0 aliphatic carbocycles. The zero-order chi connectivity index (χ0) is 7.98. The SMILES string of the molecule is CC(CN=[N+]=[N-])NC(=O)O. The van der Waals surface area contributed by atoms with E-state index in [0.29, 0.717) is 0 Å². The molecule has 0 aromatic heterocycles. The normalized spacial score (nSPS) is 11.3. The van der Waals surface area contributed by atoms with Crippen LogP contribution in [0, 0.1) is 0 Å². The number of carbonyl (C=O) groups is 1. The van der Waals surface area contributed by atoms with Gasteiger partial charge < -0.3 is 10.4 Å². The molecule has 0 saturated heterocycles. The maximum atomic E-state index is 9.93. The fourth-order valence-electron chi connectivity index (χ4n) is 0.415. The molecule has 0 fully saturated rings. The second-order valence-electron chi connectivity index (χ2n) is 1.76. The van der Waals surface area contributed by atoms with Crippen molar-refractivity contribution in [3.63, 3.8) is 0 Å².